The number of nitrogens with one attached hydrogen (secondary N) is 3. The highest BCUT2D eigenvalue weighted by molar-refractivity contribution is 6.00. The Morgan fingerprint density at radius 2 is 1.71 bits per heavy atom. The van der Waals surface area contributed by atoms with Crippen LogP contribution >= 0.6 is 12.4 Å². The predicted molar refractivity (Wildman–Crippen MR) is 140 cm³/mol. The zero-order valence-electron chi connectivity index (χ0n) is 19.2. The van der Waals surface area contributed by atoms with Gasteiger partial charge in [-0.3, -0.25) is 14.6 Å². The predicted octanol–water partition coefficient (Wildman–Crippen LogP) is 4.56. The van der Waals surface area contributed by atoms with Crippen LogP contribution in [0.3, 0.4) is 0 Å². The van der Waals surface area contributed by atoms with Crippen LogP contribution in [0.25, 0.3) is 10.9 Å². The molecule has 1 saturated heterocycles. The second-order valence-electron chi connectivity index (χ2n) is 8.58. The van der Waals surface area contributed by atoms with E-state index in [1.54, 1.807) is 18.5 Å². The summed E-state index contributed by atoms with van der Waals surface area (Å²) in [4.78, 5) is 35.7. The molecule has 8 heteroatoms. The molecule has 3 heterocycles. The second kappa shape index (κ2) is 11.1. The number of piperidine rings is 1. The third-order valence-electron chi connectivity index (χ3n) is 6.33. The van der Waals surface area contributed by atoms with E-state index in [0.717, 1.165) is 35.0 Å². The number of anilines is 1. The number of aromatic nitrogens is 2. The number of H-pyrrole nitrogens is 1. The topological polar surface area (TPSA) is 90.1 Å². The number of aromatic amines is 1. The van der Waals surface area contributed by atoms with Crippen molar-refractivity contribution in [1.29, 1.82) is 0 Å². The van der Waals surface area contributed by atoms with Gasteiger partial charge in [-0.1, -0.05) is 36.4 Å². The number of hydrogen-bond acceptors (Lipinski definition) is 4. The van der Waals surface area contributed by atoms with Crippen LogP contribution in [0.1, 0.15) is 34.8 Å². The summed E-state index contributed by atoms with van der Waals surface area (Å²) in [7, 11) is 0. The van der Waals surface area contributed by atoms with E-state index in [0.29, 0.717) is 24.7 Å². The fourth-order valence-electron chi connectivity index (χ4n) is 4.45. The summed E-state index contributed by atoms with van der Waals surface area (Å²) < 4.78 is 0. The van der Waals surface area contributed by atoms with Gasteiger partial charge in [0.25, 0.3) is 5.91 Å². The van der Waals surface area contributed by atoms with Crippen molar-refractivity contribution >= 4 is 40.8 Å². The summed E-state index contributed by atoms with van der Waals surface area (Å²) in [6, 6.07) is 20.4. The summed E-state index contributed by atoms with van der Waals surface area (Å²) in [5.41, 5.74) is 3.22. The molecule has 1 aliphatic heterocycles. The summed E-state index contributed by atoms with van der Waals surface area (Å²) >= 11 is 0. The number of nitrogens with zero attached hydrogens (tertiary/aromatic N) is 2. The van der Waals surface area contributed by atoms with Crippen molar-refractivity contribution < 1.29 is 9.59 Å². The Bertz CT molecular complexity index is 1270. The molecular formula is C27H28ClN5O2. The maximum atomic E-state index is 13.6. The fraction of sp³-hybridized carbons (Fsp3) is 0.222. The number of hydrogen-bond donors (Lipinski definition) is 3. The van der Waals surface area contributed by atoms with Crippen molar-refractivity contribution in [1.82, 2.24) is 20.2 Å². The average molecular weight is 490 g/mol. The molecule has 3 N–H and O–H groups in total. The lowest BCUT2D eigenvalue weighted by Crippen LogP contribution is -2.48. The number of carbonyl (C=O) groups is 2. The number of likely N-dealkylation sites (tertiary alicyclic amines) is 1. The largest absolute Gasteiger partial charge is 0.382 e. The smallest absolute Gasteiger partial charge is 0.252 e. The van der Waals surface area contributed by atoms with Crippen LogP contribution in [0.2, 0.25) is 0 Å². The Labute approximate surface area is 210 Å². The van der Waals surface area contributed by atoms with Crippen molar-refractivity contribution in [2.75, 3.05) is 18.4 Å². The quantitative estimate of drug-likeness (QED) is 0.370. The highest BCUT2D eigenvalue weighted by Crippen LogP contribution is 2.22. The van der Waals surface area contributed by atoms with Crippen LogP contribution in [0.5, 0.6) is 0 Å². The van der Waals surface area contributed by atoms with E-state index in [1.165, 1.54) is 0 Å². The van der Waals surface area contributed by atoms with E-state index in [-0.39, 0.29) is 24.2 Å². The molecule has 0 radical (unpaired) electrons. The number of carbonyl (C=O) groups excluding carboxylic acids is 2. The first-order chi connectivity index (χ1) is 16.7. The van der Waals surface area contributed by atoms with Gasteiger partial charge in [0.15, 0.2) is 0 Å². The van der Waals surface area contributed by atoms with Gasteiger partial charge in [0.2, 0.25) is 5.91 Å². The van der Waals surface area contributed by atoms with Gasteiger partial charge >= 0.3 is 0 Å². The van der Waals surface area contributed by atoms with Crippen LogP contribution in [0.15, 0.2) is 85.3 Å². The van der Waals surface area contributed by atoms with Crippen molar-refractivity contribution in [3.63, 3.8) is 0 Å². The molecular weight excluding hydrogens is 462 g/mol. The molecule has 5 rings (SSSR count). The SMILES string of the molecule is Cl.O=C(N[C@@H](C(=O)N1CCC(Nc2ccncc2)CC1)c1ccccc1)c1ccc2cc[nH]c2c1. The molecule has 1 aliphatic rings. The van der Waals surface area contributed by atoms with Crippen LogP contribution in [0, 0.1) is 0 Å². The zero-order valence-corrected chi connectivity index (χ0v) is 20.0. The molecule has 0 saturated carbocycles. The van der Waals surface area contributed by atoms with Crippen LogP contribution in [-0.4, -0.2) is 45.8 Å². The summed E-state index contributed by atoms with van der Waals surface area (Å²) in [6.45, 7) is 1.27. The summed E-state index contributed by atoms with van der Waals surface area (Å²) in [5.74, 6) is -0.351. The lowest BCUT2D eigenvalue weighted by Gasteiger charge is -2.35. The Morgan fingerprint density at radius 1 is 0.971 bits per heavy atom. The van der Waals surface area contributed by atoms with E-state index >= 15 is 0 Å². The van der Waals surface area contributed by atoms with Crippen LogP contribution < -0.4 is 10.6 Å². The molecule has 1 atom stereocenters. The van der Waals surface area contributed by atoms with Crippen LogP contribution in [-0.2, 0) is 4.79 Å². The maximum absolute atomic E-state index is 13.6. The molecule has 35 heavy (non-hydrogen) atoms. The van der Waals surface area contributed by atoms with Crippen molar-refractivity contribution in [3.05, 3.63) is 96.4 Å². The minimum atomic E-state index is -0.738. The number of amides is 2. The minimum Gasteiger partial charge on any atom is -0.382 e. The molecule has 1 fully saturated rings. The van der Waals surface area contributed by atoms with Gasteiger partial charge in [-0.05, 0) is 54.1 Å². The Hall–Kier alpha value is -3.84. The molecule has 4 aromatic rings. The highest BCUT2D eigenvalue weighted by Gasteiger charge is 2.30. The maximum Gasteiger partial charge on any atom is 0.252 e. The Morgan fingerprint density at radius 3 is 2.46 bits per heavy atom. The van der Waals surface area contributed by atoms with E-state index in [2.05, 4.69) is 20.6 Å². The number of halogens is 1. The van der Waals surface area contributed by atoms with Gasteiger partial charge in [-0.25, -0.2) is 0 Å². The van der Waals surface area contributed by atoms with Crippen molar-refractivity contribution in [2.45, 2.75) is 24.9 Å². The number of benzene rings is 2. The van der Waals surface area contributed by atoms with Gasteiger partial charge < -0.3 is 20.5 Å². The highest BCUT2D eigenvalue weighted by atomic mass is 35.5. The first-order valence-corrected chi connectivity index (χ1v) is 11.6. The second-order valence-corrected chi connectivity index (χ2v) is 8.58. The summed E-state index contributed by atoms with van der Waals surface area (Å²) in [6.07, 6.45) is 7.05. The molecule has 0 bridgehead atoms. The number of fused-ring (bicyclic) bond motifs is 1. The summed E-state index contributed by atoms with van der Waals surface area (Å²) in [5, 5.41) is 7.54. The molecule has 2 amide bonds. The van der Waals surface area contributed by atoms with E-state index in [9.17, 15) is 9.59 Å². The van der Waals surface area contributed by atoms with Crippen LogP contribution in [0.4, 0.5) is 5.69 Å². The minimum absolute atomic E-state index is 0. The third kappa shape index (κ3) is 5.63. The monoisotopic (exact) mass is 489 g/mol. The Kier molecular flexibility index (Phi) is 7.67. The average Bonchev–Trinajstić information content (AvgIpc) is 3.36. The van der Waals surface area contributed by atoms with Gasteiger partial charge in [0.05, 0.1) is 0 Å². The molecule has 0 unspecified atom stereocenters. The standard InChI is InChI=1S/C27H27N5O2.ClH/c33-26(21-7-6-19-8-15-29-24(19)18-21)31-25(20-4-2-1-3-5-20)27(34)32-16-11-23(12-17-32)30-22-9-13-28-14-10-22;/h1-10,13-15,18,23,25,29H,11-12,16-17H2,(H,28,30)(H,31,33);1H/t25-;/m1./s1. The van der Waals surface area contributed by atoms with Crippen molar-refractivity contribution in [2.24, 2.45) is 0 Å². The lowest BCUT2D eigenvalue weighted by atomic mass is 10.0. The number of pyridine rings is 1. The molecule has 7 nitrogen and oxygen atoms in total. The van der Waals surface area contributed by atoms with Gasteiger partial charge in [0.1, 0.15) is 6.04 Å². The van der Waals surface area contributed by atoms with E-state index < -0.39 is 6.04 Å². The van der Waals surface area contributed by atoms with E-state index in [1.807, 2.05) is 71.8 Å². The van der Waals surface area contributed by atoms with E-state index in [4.69, 9.17) is 0 Å². The van der Waals surface area contributed by atoms with Gasteiger partial charge in [-0.15, -0.1) is 12.4 Å². The Balaban J connectivity index is 0.00000289. The third-order valence-corrected chi connectivity index (χ3v) is 6.33. The van der Waals surface area contributed by atoms with Crippen molar-refractivity contribution in [3.8, 4) is 0 Å². The molecule has 2 aromatic carbocycles. The molecule has 180 valence electrons. The normalized spacial score (nSPS) is 14.7. The molecule has 0 spiro atoms. The molecule has 2 aromatic heterocycles. The fourth-order valence-corrected chi connectivity index (χ4v) is 4.45. The first kappa shape index (κ1) is 24.3. The first-order valence-electron chi connectivity index (χ1n) is 11.6. The molecule has 0 aliphatic carbocycles. The van der Waals surface area contributed by atoms with Gasteiger partial charge in [0, 0.05) is 54.5 Å². The van der Waals surface area contributed by atoms with Gasteiger partial charge in [-0.2, -0.15) is 0 Å². The zero-order chi connectivity index (χ0) is 23.3. The number of rotatable bonds is 6. The lowest BCUT2D eigenvalue weighted by molar-refractivity contribution is -0.134.